The van der Waals surface area contributed by atoms with Crippen molar-refractivity contribution in [2.45, 2.75) is 6.42 Å². The second kappa shape index (κ2) is 6.30. The molecule has 5 nitrogen and oxygen atoms in total. The summed E-state index contributed by atoms with van der Waals surface area (Å²) in [6, 6.07) is 12.9. The van der Waals surface area contributed by atoms with E-state index in [1.165, 1.54) is 0 Å². The molecule has 112 valence electrons. The average Bonchev–Trinajstić information content (AvgIpc) is 2.97. The molecular weight excluding hydrogens is 278 g/mol. The molecule has 0 fully saturated rings. The molecule has 2 heterocycles. The molecule has 0 radical (unpaired) electrons. The lowest BCUT2D eigenvalue weighted by Gasteiger charge is -2.05. The molecule has 0 saturated carbocycles. The van der Waals surface area contributed by atoms with Crippen molar-refractivity contribution in [2.24, 2.45) is 0 Å². The fourth-order valence-electron chi connectivity index (χ4n) is 2.26. The van der Waals surface area contributed by atoms with Crippen molar-refractivity contribution in [3.63, 3.8) is 0 Å². The summed E-state index contributed by atoms with van der Waals surface area (Å²) in [6.45, 7) is 0.550. The van der Waals surface area contributed by atoms with Gasteiger partial charge in [0.15, 0.2) is 0 Å². The van der Waals surface area contributed by atoms with Gasteiger partial charge in [0.1, 0.15) is 11.4 Å². The van der Waals surface area contributed by atoms with Crippen molar-refractivity contribution in [3.8, 4) is 5.75 Å². The van der Waals surface area contributed by atoms with E-state index in [1.807, 2.05) is 35.0 Å². The number of aromatic nitrogens is 2. The largest absolute Gasteiger partial charge is 0.497 e. The number of amides is 1. The summed E-state index contributed by atoms with van der Waals surface area (Å²) >= 11 is 0. The van der Waals surface area contributed by atoms with E-state index >= 15 is 0 Å². The third-order valence-corrected chi connectivity index (χ3v) is 3.43. The fourth-order valence-corrected chi connectivity index (χ4v) is 2.26. The predicted molar refractivity (Wildman–Crippen MR) is 84.2 cm³/mol. The number of methoxy groups -OCH3 is 1. The van der Waals surface area contributed by atoms with Gasteiger partial charge in [0.25, 0.3) is 5.91 Å². The van der Waals surface area contributed by atoms with Gasteiger partial charge in [-0.2, -0.15) is 0 Å². The minimum Gasteiger partial charge on any atom is -0.497 e. The molecule has 3 rings (SSSR count). The maximum absolute atomic E-state index is 12.0. The monoisotopic (exact) mass is 295 g/mol. The highest BCUT2D eigenvalue weighted by Crippen LogP contribution is 2.11. The Hall–Kier alpha value is -2.82. The molecule has 3 aromatic rings. The van der Waals surface area contributed by atoms with Crippen molar-refractivity contribution in [3.05, 3.63) is 66.1 Å². The number of hydrogen-bond acceptors (Lipinski definition) is 3. The molecular formula is C17H17N3O2. The highest BCUT2D eigenvalue weighted by Gasteiger charge is 2.06. The summed E-state index contributed by atoms with van der Waals surface area (Å²) in [4.78, 5) is 16.5. The summed E-state index contributed by atoms with van der Waals surface area (Å²) in [5.41, 5.74) is 2.50. The minimum atomic E-state index is -0.0913. The molecule has 0 saturated heterocycles. The normalized spacial score (nSPS) is 10.6. The Kier molecular flexibility index (Phi) is 4.05. The number of rotatable bonds is 5. The van der Waals surface area contributed by atoms with Crippen LogP contribution in [0.5, 0.6) is 5.75 Å². The standard InChI is InChI=1S/C17H17N3O2/c1-22-15-7-5-13(6-8-15)17(21)18-10-9-14-12-20-11-3-2-4-16(20)19-14/h2-8,11-12H,9-10H2,1H3,(H,18,21). The van der Waals surface area contributed by atoms with E-state index in [1.54, 1.807) is 31.4 Å². The number of benzene rings is 1. The third kappa shape index (κ3) is 3.09. The van der Waals surface area contributed by atoms with Crippen molar-refractivity contribution in [1.29, 1.82) is 0 Å². The van der Waals surface area contributed by atoms with Crippen LogP contribution in [-0.2, 0) is 6.42 Å². The van der Waals surface area contributed by atoms with Gasteiger partial charge in [-0.3, -0.25) is 4.79 Å². The van der Waals surface area contributed by atoms with Crippen LogP contribution in [0.25, 0.3) is 5.65 Å². The number of nitrogens with one attached hydrogen (secondary N) is 1. The van der Waals surface area contributed by atoms with E-state index in [0.717, 1.165) is 17.1 Å². The number of carbonyl (C=O) groups excluding carboxylic acids is 1. The lowest BCUT2D eigenvalue weighted by molar-refractivity contribution is 0.0954. The van der Waals surface area contributed by atoms with Crippen LogP contribution in [0.3, 0.4) is 0 Å². The van der Waals surface area contributed by atoms with Gasteiger partial charge in [-0.15, -0.1) is 0 Å². The summed E-state index contributed by atoms with van der Waals surface area (Å²) in [5, 5.41) is 2.90. The second-order valence-electron chi connectivity index (χ2n) is 4.93. The molecule has 0 aliphatic rings. The van der Waals surface area contributed by atoms with E-state index in [2.05, 4.69) is 10.3 Å². The van der Waals surface area contributed by atoms with Gasteiger partial charge >= 0.3 is 0 Å². The van der Waals surface area contributed by atoms with Gasteiger partial charge in [-0.05, 0) is 36.4 Å². The van der Waals surface area contributed by atoms with Gasteiger partial charge in [0.05, 0.1) is 12.8 Å². The number of ether oxygens (including phenoxy) is 1. The van der Waals surface area contributed by atoms with Crippen LogP contribution in [0.2, 0.25) is 0 Å². The van der Waals surface area contributed by atoms with E-state index in [0.29, 0.717) is 18.5 Å². The van der Waals surface area contributed by atoms with Crippen LogP contribution in [0.15, 0.2) is 54.9 Å². The highest BCUT2D eigenvalue weighted by molar-refractivity contribution is 5.94. The van der Waals surface area contributed by atoms with Gasteiger partial charge in [-0.25, -0.2) is 4.98 Å². The van der Waals surface area contributed by atoms with Crippen molar-refractivity contribution in [1.82, 2.24) is 14.7 Å². The molecule has 1 aromatic carbocycles. The Bertz CT molecular complexity index is 745. The number of hydrogen-bond donors (Lipinski definition) is 1. The second-order valence-corrected chi connectivity index (χ2v) is 4.93. The third-order valence-electron chi connectivity index (χ3n) is 3.43. The number of imidazole rings is 1. The van der Waals surface area contributed by atoms with Crippen molar-refractivity contribution >= 4 is 11.6 Å². The molecule has 0 bridgehead atoms. The lowest BCUT2D eigenvalue weighted by atomic mass is 10.2. The Morgan fingerprint density at radius 1 is 1.23 bits per heavy atom. The summed E-state index contributed by atoms with van der Waals surface area (Å²) in [6.07, 6.45) is 4.64. The first kappa shape index (κ1) is 14.1. The molecule has 1 amide bonds. The maximum atomic E-state index is 12.0. The Labute approximate surface area is 128 Å². The lowest BCUT2D eigenvalue weighted by Crippen LogP contribution is -2.25. The molecule has 0 aliphatic heterocycles. The Morgan fingerprint density at radius 3 is 2.77 bits per heavy atom. The smallest absolute Gasteiger partial charge is 0.251 e. The molecule has 0 atom stereocenters. The predicted octanol–water partition coefficient (Wildman–Crippen LogP) is 2.32. The first-order valence-corrected chi connectivity index (χ1v) is 7.11. The molecule has 2 aromatic heterocycles. The molecule has 1 N–H and O–H groups in total. The molecule has 0 aliphatic carbocycles. The van der Waals surface area contributed by atoms with Gasteiger partial charge in [0, 0.05) is 30.9 Å². The number of pyridine rings is 1. The number of carbonyl (C=O) groups is 1. The maximum Gasteiger partial charge on any atom is 0.251 e. The zero-order valence-electron chi connectivity index (χ0n) is 12.3. The quantitative estimate of drug-likeness (QED) is 0.786. The van der Waals surface area contributed by atoms with Crippen molar-refractivity contribution in [2.75, 3.05) is 13.7 Å². The van der Waals surface area contributed by atoms with Crippen LogP contribution < -0.4 is 10.1 Å². The zero-order chi connectivity index (χ0) is 15.4. The Morgan fingerprint density at radius 2 is 2.05 bits per heavy atom. The first-order chi connectivity index (χ1) is 10.8. The van der Waals surface area contributed by atoms with Crippen LogP contribution in [-0.4, -0.2) is 28.9 Å². The van der Waals surface area contributed by atoms with Gasteiger partial charge in [0.2, 0.25) is 0 Å². The van der Waals surface area contributed by atoms with Crippen LogP contribution in [0.4, 0.5) is 0 Å². The topological polar surface area (TPSA) is 55.6 Å². The van der Waals surface area contributed by atoms with Crippen molar-refractivity contribution < 1.29 is 9.53 Å². The van der Waals surface area contributed by atoms with E-state index in [9.17, 15) is 4.79 Å². The molecule has 5 heteroatoms. The highest BCUT2D eigenvalue weighted by atomic mass is 16.5. The zero-order valence-corrected chi connectivity index (χ0v) is 12.3. The molecule has 0 unspecified atom stereocenters. The fraction of sp³-hybridized carbons (Fsp3) is 0.176. The van der Waals surface area contributed by atoms with Gasteiger partial charge < -0.3 is 14.5 Å². The summed E-state index contributed by atoms with van der Waals surface area (Å²) < 4.78 is 7.05. The Balaban J connectivity index is 1.56. The summed E-state index contributed by atoms with van der Waals surface area (Å²) in [7, 11) is 1.60. The van der Waals surface area contributed by atoms with Crippen LogP contribution in [0.1, 0.15) is 16.1 Å². The van der Waals surface area contributed by atoms with E-state index in [-0.39, 0.29) is 5.91 Å². The minimum absolute atomic E-state index is 0.0913. The van der Waals surface area contributed by atoms with Crippen LogP contribution >= 0.6 is 0 Å². The average molecular weight is 295 g/mol. The SMILES string of the molecule is COc1ccc(C(=O)NCCc2cn3ccccc3n2)cc1. The number of nitrogens with zero attached hydrogens (tertiary/aromatic N) is 2. The van der Waals surface area contributed by atoms with E-state index in [4.69, 9.17) is 4.74 Å². The first-order valence-electron chi connectivity index (χ1n) is 7.11. The van der Waals surface area contributed by atoms with E-state index < -0.39 is 0 Å². The molecule has 22 heavy (non-hydrogen) atoms. The van der Waals surface area contributed by atoms with Crippen LogP contribution in [0, 0.1) is 0 Å². The summed E-state index contributed by atoms with van der Waals surface area (Å²) in [5.74, 6) is 0.646. The molecule has 0 spiro atoms. The number of fused-ring (bicyclic) bond motifs is 1. The van der Waals surface area contributed by atoms with Gasteiger partial charge in [-0.1, -0.05) is 6.07 Å².